The highest BCUT2D eigenvalue weighted by atomic mass is 16.1. The highest BCUT2D eigenvalue weighted by Gasteiger charge is 2.07. The van der Waals surface area contributed by atoms with E-state index in [2.05, 4.69) is 0 Å². The van der Waals surface area contributed by atoms with Crippen molar-refractivity contribution in [2.45, 2.75) is 0 Å². The molecule has 0 unspecified atom stereocenters. The van der Waals surface area contributed by atoms with Crippen LogP contribution in [0.3, 0.4) is 0 Å². The molecule has 0 spiro atoms. The Hall–Kier alpha value is -1.77. The average molecular weight is 190 g/mol. The summed E-state index contributed by atoms with van der Waals surface area (Å²) in [5.41, 5.74) is 6.65. The van der Waals surface area contributed by atoms with E-state index in [4.69, 9.17) is 5.73 Å². The minimum atomic E-state index is -0.412. The van der Waals surface area contributed by atoms with Gasteiger partial charge < -0.3 is 10.6 Å². The Kier molecular flexibility index (Phi) is 3.29. The molecule has 3 nitrogen and oxygen atoms in total. The highest BCUT2D eigenvalue weighted by Crippen LogP contribution is 2.13. The number of hydrogen-bond donors (Lipinski definition) is 1. The van der Waals surface area contributed by atoms with Crippen LogP contribution in [0.15, 0.2) is 36.5 Å². The van der Waals surface area contributed by atoms with Crippen molar-refractivity contribution in [3.63, 3.8) is 0 Å². The van der Waals surface area contributed by atoms with Gasteiger partial charge in [0.05, 0.1) is 5.57 Å². The summed E-state index contributed by atoms with van der Waals surface area (Å²) >= 11 is 0. The summed E-state index contributed by atoms with van der Waals surface area (Å²) < 4.78 is 0. The van der Waals surface area contributed by atoms with E-state index in [1.54, 1.807) is 11.1 Å². The van der Waals surface area contributed by atoms with Gasteiger partial charge in [-0.1, -0.05) is 30.3 Å². The van der Waals surface area contributed by atoms with E-state index in [0.717, 1.165) is 5.56 Å². The molecule has 14 heavy (non-hydrogen) atoms. The van der Waals surface area contributed by atoms with Crippen molar-refractivity contribution in [3.05, 3.63) is 42.1 Å². The summed E-state index contributed by atoms with van der Waals surface area (Å²) in [6, 6.07) is 9.38. The number of primary amides is 1. The molecule has 1 rings (SSSR count). The SMILES string of the molecule is CN(C)C=C(C(N)=O)c1ccccc1. The molecule has 0 aliphatic heterocycles. The fourth-order valence-corrected chi connectivity index (χ4v) is 1.16. The first kappa shape index (κ1) is 10.3. The largest absolute Gasteiger partial charge is 0.383 e. The summed E-state index contributed by atoms with van der Waals surface area (Å²) in [6.07, 6.45) is 1.72. The zero-order chi connectivity index (χ0) is 10.6. The molecular formula is C11H14N2O. The molecule has 0 aliphatic carbocycles. The normalized spacial score (nSPS) is 11.1. The van der Waals surface area contributed by atoms with E-state index in [0.29, 0.717) is 5.57 Å². The molecule has 74 valence electrons. The summed E-state index contributed by atoms with van der Waals surface area (Å²) in [5.74, 6) is -0.412. The van der Waals surface area contributed by atoms with Crippen LogP contribution >= 0.6 is 0 Å². The Labute approximate surface area is 83.8 Å². The molecule has 0 heterocycles. The van der Waals surface area contributed by atoms with Gasteiger partial charge in [0.25, 0.3) is 5.91 Å². The van der Waals surface area contributed by atoms with Crippen LogP contribution in [0.5, 0.6) is 0 Å². The molecule has 0 radical (unpaired) electrons. The first-order chi connectivity index (χ1) is 6.61. The molecule has 0 aliphatic rings. The molecule has 1 aromatic rings. The van der Waals surface area contributed by atoms with Gasteiger partial charge in [0.1, 0.15) is 0 Å². The first-order valence-corrected chi connectivity index (χ1v) is 4.34. The van der Waals surface area contributed by atoms with Crippen molar-refractivity contribution < 1.29 is 4.79 Å². The van der Waals surface area contributed by atoms with Gasteiger partial charge in [-0.2, -0.15) is 0 Å². The molecular weight excluding hydrogens is 176 g/mol. The molecule has 1 amide bonds. The van der Waals surface area contributed by atoms with Crippen LogP contribution in [0, 0.1) is 0 Å². The van der Waals surface area contributed by atoms with E-state index < -0.39 is 5.91 Å². The Morgan fingerprint density at radius 3 is 2.29 bits per heavy atom. The van der Waals surface area contributed by atoms with Crippen molar-refractivity contribution >= 4 is 11.5 Å². The smallest absolute Gasteiger partial charge is 0.250 e. The molecule has 0 aromatic heterocycles. The molecule has 1 aromatic carbocycles. The lowest BCUT2D eigenvalue weighted by Gasteiger charge is -2.09. The second-order valence-electron chi connectivity index (χ2n) is 3.24. The maximum atomic E-state index is 11.2. The topological polar surface area (TPSA) is 46.3 Å². The van der Waals surface area contributed by atoms with Crippen LogP contribution in [0.4, 0.5) is 0 Å². The third-order valence-electron chi connectivity index (χ3n) is 1.74. The van der Waals surface area contributed by atoms with Crippen LogP contribution in [-0.2, 0) is 4.79 Å². The molecule has 0 saturated carbocycles. The Morgan fingerprint density at radius 2 is 1.86 bits per heavy atom. The van der Waals surface area contributed by atoms with Crippen molar-refractivity contribution in [2.75, 3.05) is 14.1 Å². The minimum absolute atomic E-state index is 0.412. The third-order valence-corrected chi connectivity index (χ3v) is 1.74. The lowest BCUT2D eigenvalue weighted by molar-refractivity contribution is -0.112. The lowest BCUT2D eigenvalue weighted by Crippen LogP contribution is -2.16. The highest BCUT2D eigenvalue weighted by molar-refractivity contribution is 6.18. The number of carbonyl (C=O) groups is 1. The van der Waals surface area contributed by atoms with E-state index in [1.165, 1.54) is 0 Å². The number of carbonyl (C=O) groups excluding carboxylic acids is 1. The molecule has 0 bridgehead atoms. The molecule has 0 saturated heterocycles. The van der Waals surface area contributed by atoms with Gasteiger partial charge in [-0.3, -0.25) is 4.79 Å². The molecule has 2 N–H and O–H groups in total. The maximum absolute atomic E-state index is 11.2. The molecule has 0 fully saturated rings. The zero-order valence-electron chi connectivity index (χ0n) is 8.40. The van der Waals surface area contributed by atoms with Crippen molar-refractivity contribution in [2.24, 2.45) is 5.73 Å². The number of hydrogen-bond acceptors (Lipinski definition) is 2. The number of nitrogens with two attached hydrogens (primary N) is 1. The second-order valence-corrected chi connectivity index (χ2v) is 3.24. The van der Waals surface area contributed by atoms with E-state index >= 15 is 0 Å². The Bertz CT molecular complexity index is 342. The van der Waals surface area contributed by atoms with Crippen molar-refractivity contribution in [1.82, 2.24) is 4.90 Å². The van der Waals surface area contributed by atoms with Gasteiger partial charge in [0.15, 0.2) is 0 Å². The van der Waals surface area contributed by atoms with E-state index in [9.17, 15) is 4.79 Å². The van der Waals surface area contributed by atoms with Crippen molar-refractivity contribution in [3.8, 4) is 0 Å². The fraction of sp³-hybridized carbons (Fsp3) is 0.182. The number of amides is 1. The lowest BCUT2D eigenvalue weighted by atomic mass is 10.1. The van der Waals surface area contributed by atoms with Gasteiger partial charge in [-0.15, -0.1) is 0 Å². The molecule has 0 atom stereocenters. The first-order valence-electron chi connectivity index (χ1n) is 4.34. The van der Waals surface area contributed by atoms with Gasteiger partial charge in [-0.05, 0) is 5.56 Å². The van der Waals surface area contributed by atoms with Gasteiger partial charge in [0, 0.05) is 20.3 Å². The monoisotopic (exact) mass is 190 g/mol. The fourth-order valence-electron chi connectivity index (χ4n) is 1.16. The number of nitrogens with zero attached hydrogens (tertiary/aromatic N) is 1. The third kappa shape index (κ3) is 2.62. The van der Waals surface area contributed by atoms with Crippen LogP contribution in [-0.4, -0.2) is 24.9 Å². The molecule has 3 heteroatoms. The predicted molar refractivity (Wildman–Crippen MR) is 57.3 cm³/mol. The van der Waals surface area contributed by atoms with Gasteiger partial charge in [0.2, 0.25) is 0 Å². The minimum Gasteiger partial charge on any atom is -0.383 e. The Morgan fingerprint density at radius 1 is 1.29 bits per heavy atom. The van der Waals surface area contributed by atoms with Crippen LogP contribution < -0.4 is 5.73 Å². The number of benzene rings is 1. The van der Waals surface area contributed by atoms with E-state index in [-0.39, 0.29) is 0 Å². The Balaban J connectivity index is 3.08. The second kappa shape index (κ2) is 4.46. The maximum Gasteiger partial charge on any atom is 0.250 e. The standard InChI is InChI=1S/C11H14N2O/c1-13(2)8-10(11(12)14)9-6-4-3-5-7-9/h3-8H,1-2H3,(H2,12,14). The van der Waals surface area contributed by atoms with Crippen LogP contribution in [0.25, 0.3) is 5.57 Å². The predicted octanol–water partition coefficient (Wildman–Crippen LogP) is 1.07. The quantitative estimate of drug-likeness (QED) is 0.725. The summed E-state index contributed by atoms with van der Waals surface area (Å²) in [4.78, 5) is 13.0. The van der Waals surface area contributed by atoms with E-state index in [1.807, 2.05) is 44.4 Å². The number of rotatable bonds is 3. The zero-order valence-corrected chi connectivity index (χ0v) is 8.40. The average Bonchev–Trinajstić information content (AvgIpc) is 2.15. The van der Waals surface area contributed by atoms with Crippen LogP contribution in [0.2, 0.25) is 0 Å². The van der Waals surface area contributed by atoms with Crippen LogP contribution in [0.1, 0.15) is 5.56 Å². The summed E-state index contributed by atoms with van der Waals surface area (Å²) in [5, 5.41) is 0. The van der Waals surface area contributed by atoms with Crippen molar-refractivity contribution in [1.29, 1.82) is 0 Å². The van der Waals surface area contributed by atoms with Gasteiger partial charge in [-0.25, -0.2) is 0 Å². The summed E-state index contributed by atoms with van der Waals surface area (Å²) in [7, 11) is 3.71. The summed E-state index contributed by atoms with van der Waals surface area (Å²) in [6.45, 7) is 0. The van der Waals surface area contributed by atoms with Gasteiger partial charge >= 0.3 is 0 Å².